The Labute approximate surface area is 170 Å². The molecule has 3 aromatic rings. The Bertz CT molecular complexity index is 957. The molecule has 0 saturated carbocycles. The number of nitrogens with two attached hydrogens (primary N) is 1. The van der Waals surface area contributed by atoms with E-state index >= 15 is 0 Å². The summed E-state index contributed by atoms with van der Waals surface area (Å²) in [5, 5.41) is 1.00. The molecule has 152 valence electrons. The van der Waals surface area contributed by atoms with Gasteiger partial charge in [-0.3, -0.25) is 4.79 Å². The molecule has 0 saturated heterocycles. The number of carbonyl (C=O) groups excluding carboxylic acids is 1. The average Bonchev–Trinajstić information content (AvgIpc) is 2.72. The van der Waals surface area contributed by atoms with E-state index in [4.69, 9.17) is 19.9 Å². The van der Waals surface area contributed by atoms with E-state index in [1.54, 1.807) is 37.3 Å². The zero-order valence-corrected chi connectivity index (χ0v) is 16.8. The van der Waals surface area contributed by atoms with Gasteiger partial charge in [-0.05, 0) is 62.2 Å². The first-order chi connectivity index (χ1) is 14.0. The van der Waals surface area contributed by atoms with Crippen molar-refractivity contribution in [2.45, 2.75) is 39.2 Å². The highest BCUT2D eigenvalue weighted by molar-refractivity contribution is 5.85. The van der Waals surface area contributed by atoms with Crippen LogP contribution in [0.5, 0.6) is 17.2 Å². The van der Waals surface area contributed by atoms with Crippen LogP contribution in [-0.2, 0) is 4.79 Å². The minimum absolute atomic E-state index is 0.0169. The predicted octanol–water partition coefficient (Wildman–Crippen LogP) is 4.76. The van der Waals surface area contributed by atoms with Crippen molar-refractivity contribution in [2.24, 2.45) is 0 Å². The molecule has 1 aromatic heterocycles. The third-order valence-corrected chi connectivity index (χ3v) is 4.40. The van der Waals surface area contributed by atoms with Crippen molar-refractivity contribution in [3.63, 3.8) is 0 Å². The Morgan fingerprint density at radius 2 is 1.83 bits per heavy atom. The molecule has 0 radical (unpaired) electrons. The lowest BCUT2D eigenvalue weighted by molar-refractivity contribution is -0.134. The normalized spacial score (nSPS) is 11.8. The van der Waals surface area contributed by atoms with Gasteiger partial charge in [0, 0.05) is 11.8 Å². The van der Waals surface area contributed by atoms with E-state index in [1.807, 2.05) is 31.2 Å². The summed E-state index contributed by atoms with van der Waals surface area (Å²) in [6, 6.07) is 16.6. The van der Waals surface area contributed by atoms with Crippen molar-refractivity contribution in [2.75, 3.05) is 12.3 Å². The first-order valence-electron chi connectivity index (χ1n) is 9.80. The fourth-order valence-electron chi connectivity index (χ4n) is 2.87. The van der Waals surface area contributed by atoms with Crippen LogP contribution in [0.4, 0.5) is 5.82 Å². The van der Waals surface area contributed by atoms with Crippen molar-refractivity contribution in [3.05, 3.63) is 54.6 Å². The van der Waals surface area contributed by atoms with Crippen LogP contribution in [0.25, 0.3) is 10.9 Å². The van der Waals surface area contributed by atoms with Crippen LogP contribution in [0.3, 0.4) is 0 Å². The topological polar surface area (TPSA) is 83.7 Å². The first kappa shape index (κ1) is 20.5. The van der Waals surface area contributed by atoms with Crippen molar-refractivity contribution in [1.29, 1.82) is 0 Å². The molecule has 1 unspecified atom stereocenters. The maximum Gasteiger partial charge on any atom is 0.310 e. The Balaban J connectivity index is 1.45. The highest BCUT2D eigenvalue weighted by Crippen LogP contribution is 2.26. The summed E-state index contributed by atoms with van der Waals surface area (Å²) in [6.45, 7) is 4.36. The molecule has 3 rings (SSSR count). The molecule has 1 heterocycles. The number of pyridine rings is 1. The molecule has 6 heteroatoms. The minimum Gasteiger partial charge on any atom is -0.494 e. The number of rotatable bonds is 9. The lowest BCUT2D eigenvalue weighted by Crippen LogP contribution is -2.13. The van der Waals surface area contributed by atoms with Gasteiger partial charge in [-0.15, -0.1) is 0 Å². The largest absolute Gasteiger partial charge is 0.494 e. The number of benzene rings is 2. The summed E-state index contributed by atoms with van der Waals surface area (Å²) in [7, 11) is 0. The molecule has 0 fully saturated rings. The van der Waals surface area contributed by atoms with Gasteiger partial charge in [-0.25, -0.2) is 4.98 Å². The Hall–Kier alpha value is -3.28. The summed E-state index contributed by atoms with van der Waals surface area (Å²) >= 11 is 0. The van der Waals surface area contributed by atoms with Crippen molar-refractivity contribution in [1.82, 2.24) is 4.98 Å². The molecular weight excluding hydrogens is 368 g/mol. The van der Waals surface area contributed by atoms with Gasteiger partial charge in [-0.1, -0.05) is 19.1 Å². The van der Waals surface area contributed by atoms with E-state index in [9.17, 15) is 4.79 Å². The number of ether oxygens (including phenoxy) is 3. The van der Waals surface area contributed by atoms with E-state index < -0.39 is 0 Å². The van der Waals surface area contributed by atoms with Crippen molar-refractivity contribution >= 4 is 22.7 Å². The van der Waals surface area contributed by atoms with E-state index in [0.717, 1.165) is 35.2 Å². The van der Waals surface area contributed by atoms with E-state index in [1.165, 1.54) is 0 Å². The Morgan fingerprint density at radius 1 is 1.07 bits per heavy atom. The molecule has 0 amide bonds. The summed E-state index contributed by atoms with van der Waals surface area (Å²) in [5.41, 5.74) is 6.59. The lowest BCUT2D eigenvalue weighted by atomic mass is 10.2. The van der Waals surface area contributed by atoms with Gasteiger partial charge in [0.1, 0.15) is 28.6 Å². The fraction of sp³-hybridized carbons (Fsp3) is 0.304. The molecule has 2 N–H and O–H groups in total. The molecule has 6 nitrogen and oxygen atoms in total. The molecule has 1 atom stereocenters. The average molecular weight is 394 g/mol. The second kappa shape index (κ2) is 9.78. The second-order valence-electron chi connectivity index (χ2n) is 6.78. The number of fused-ring (bicyclic) bond motifs is 1. The van der Waals surface area contributed by atoms with E-state index in [2.05, 4.69) is 4.98 Å². The van der Waals surface area contributed by atoms with Crippen LogP contribution >= 0.6 is 0 Å². The van der Waals surface area contributed by atoms with E-state index in [-0.39, 0.29) is 12.1 Å². The van der Waals surface area contributed by atoms with Crippen LogP contribution in [0.2, 0.25) is 0 Å². The molecule has 0 bridgehead atoms. The van der Waals surface area contributed by atoms with Crippen molar-refractivity contribution < 1.29 is 19.0 Å². The molecule has 2 aromatic carbocycles. The number of para-hydroxylation sites is 1. The minimum atomic E-state index is -0.253. The summed E-state index contributed by atoms with van der Waals surface area (Å²) in [4.78, 5) is 15.7. The molecule has 0 spiro atoms. The fourth-order valence-corrected chi connectivity index (χ4v) is 2.87. The number of hydrogen-bond donors (Lipinski definition) is 1. The number of nitrogens with zero attached hydrogens (tertiary/aromatic N) is 1. The summed E-state index contributed by atoms with van der Waals surface area (Å²) in [5.74, 6) is 2.22. The van der Waals surface area contributed by atoms with Crippen LogP contribution in [0.15, 0.2) is 54.6 Å². The van der Waals surface area contributed by atoms with Gasteiger partial charge in [-0.2, -0.15) is 0 Å². The lowest BCUT2D eigenvalue weighted by Gasteiger charge is -2.16. The summed E-state index contributed by atoms with van der Waals surface area (Å²) in [6.07, 6.45) is 2.04. The smallest absolute Gasteiger partial charge is 0.310 e. The third-order valence-electron chi connectivity index (χ3n) is 4.40. The Morgan fingerprint density at radius 3 is 2.59 bits per heavy atom. The zero-order valence-electron chi connectivity index (χ0n) is 16.8. The highest BCUT2D eigenvalue weighted by atomic mass is 16.5. The molecule has 29 heavy (non-hydrogen) atoms. The predicted molar refractivity (Wildman–Crippen MR) is 113 cm³/mol. The monoisotopic (exact) mass is 394 g/mol. The van der Waals surface area contributed by atoms with Gasteiger partial charge < -0.3 is 19.9 Å². The Kier molecular flexibility index (Phi) is 6.89. The van der Waals surface area contributed by atoms with Crippen molar-refractivity contribution in [3.8, 4) is 17.2 Å². The van der Waals surface area contributed by atoms with Crippen LogP contribution < -0.4 is 19.9 Å². The quantitative estimate of drug-likeness (QED) is 0.320. The molecule has 0 aliphatic rings. The van der Waals surface area contributed by atoms with Gasteiger partial charge in [0.2, 0.25) is 0 Å². The van der Waals surface area contributed by atoms with Crippen LogP contribution in [-0.4, -0.2) is 23.7 Å². The maximum absolute atomic E-state index is 11.3. The highest BCUT2D eigenvalue weighted by Gasteiger charge is 2.09. The van der Waals surface area contributed by atoms with Gasteiger partial charge in [0.25, 0.3) is 0 Å². The van der Waals surface area contributed by atoms with Crippen LogP contribution in [0.1, 0.15) is 33.1 Å². The third kappa shape index (κ3) is 5.85. The van der Waals surface area contributed by atoms with E-state index in [0.29, 0.717) is 24.6 Å². The number of aromatic nitrogens is 1. The number of hydrogen-bond acceptors (Lipinski definition) is 6. The van der Waals surface area contributed by atoms with Gasteiger partial charge >= 0.3 is 5.97 Å². The van der Waals surface area contributed by atoms with Crippen LogP contribution in [0, 0.1) is 0 Å². The maximum atomic E-state index is 11.3. The standard InChI is InChI=1S/C23H26N2O4/c1-3-22(26)29-19-12-10-18(11-13-19)27-15-5-6-16(2)28-20-8-4-7-17-9-14-21(24)25-23(17)20/h4,7-14,16H,3,5-6,15H2,1-2H3,(H2,24,25). The molecule has 0 aliphatic heterocycles. The number of nitrogen functional groups attached to an aromatic ring is 1. The van der Waals surface area contributed by atoms with Gasteiger partial charge in [0.05, 0.1) is 12.7 Å². The number of esters is 1. The number of anilines is 1. The molecule has 0 aliphatic carbocycles. The summed E-state index contributed by atoms with van der Waals surface area (Å²) < 4.78 is 17.0. The SMILES string of the molecule is CCC(=O)Oc1ccc(OCCCC(C)Oc2cccc3ccc(N)nc23)cc1. The first-order valence-corrected chi connectivity index (χ1v) is 9.80. The second-order valence-corrected chi connectivity index (χ2v) is 6.78. The molecular formula is C23H26N2O4. The zero-order chi connectivity index (χ0) is 20.6. The van der Waals surface area contributed by atoms with Gasteiger partial charge in [0.15, 0.2) is 0 Å². The number of carbonyl (C=O) groups is 1.